The van der Waals surface area contributed by atoms with Gasteiger partial charge in [-0.25, -0.2) is 0 Å². The van der Waals surface area contributed by atoms with Gasteiger partial charge in [-0.3, -0.25) is 5.41 Å². The fraction of sp³-hybridized carbons (Fsp3) is 0.500. The van der Waals surface area contributed by atoms with E-state index in [1.165, 1.54) is 12.1 Å². The van der Waals surface area contributed by atoms with Crippen molar-refractivity contribution in [2.24, 2.45) is 5.73 Å². The molecule has 1 aromatic carbocycles. The van der Waals surface area contributed by atoms with E-state index < -0.39 is 17.6 Å². The Labute approximate surface area is 120 Å². The van der Waals surface area contributed by atoms with E-state index in [4.69, 9.17) is 20.6 Å². The molecular weight excluding hydrogens is 285 g/mol. The summed E-state index contributed by atoms with van der Waals surface area (Å²) in [7, 11) is 0. The molecule has 2 rings (SSSR count). The Hall–Kier alpha value is -1.76. The van der Waals surface area contributed by atoms with Crippen LogP contribution in [0.2, 0.25) is 0 Å². The van der Waals surface area contributed by atoms with Crippen LogP contribution in [0.5, 0.6) is 5.75 Å². The summed E-state index contributed by atoms with van der Waals surface area (Å²) in [6, 6.07) is 3.39. The van der Waals surface area contributed by atoms with Crippen molar-refractivity contribution in [3.63, 3.8) is 0 Å². The standard InChI is InChI=1S/C14H17F3N2O2/c15-14(16,17)11-8-9(13(18)19)3-4-12(11)21-7-5-10-2-1-6-20-10/h3-4,8,10H,1-2,5-7H2,(H3,18,19). The van der Waals surface area contributed by atoms with Gasteiger partial charge < -0.3 is 15.2 Å². The van der Waals surface area contributed by atoms with Crippen LogP contribution in [0.4, 0.5) is 13.2 Å². The number of hydrogen-bond acceptors (Lipinski definition) is 3. The molecule has 1 unspecified atom stereocenters. The molecule has 1 aromatic rings. The van der Waals surface area contributed by atoms with Gasteiger partial charge in [-0.05, 0) is 31.0 Å². The van der Waals surface area contributed by atoms with Crippen molar-refractivity contribution in [1.29, 1.82) is 5.41 Å². The largest absolute Gasteiger partial charge is 0.493 e. The Morgan fingerprint density at radius 3 is 2.76 bits per heavy atom. The Balaban J connectivity index is 2.08. The number of benzene rings is 1. The molecule has 4 nitrogen and oxygen atoms in total. The Morgan fingerprint density at radius 1 is 1.43 bits per heavy atom. The zero-order chi connectivity index (χ0) is 15.5. The van der Waals surface area contributed by atoms with Gasteiger partial charge in [0.05, 0.1) is 18.3 Å². The van der Waals surface area contributed by atoms with Gasteiger partial charge in [-0.2, -0.15) is 13.2 Å². The molecule has 0 spiro atoms. The summed E-state index contributed by atoms with van der Waals surface area (Å²) in [4.78, 5) is 0. The summed E-state index contributed by atoms with van der Waals surface area (Å²) in [5, 5.41) is 7.21. The number of nitrogens with one attached hydrogen (secondary N) is 1. The molecule has 1 aliphatic rings. The lowest BCUT2D eigenvalue weighted by Crippen LogP contribution is -2.16. The summed E-state index contributed by atoms with van der Waals surface area (Å²) in [5.74, 6) is -0.656. The molecule has 21 heavy (non-hydrogen) atoms. The number of nitrogen functional groups attached to an aromatic ring is 1. The summed E-state index contributed by atoms with van der Waals surface area (Å²) in [5.41, 5.74) is 4.33. The number of hydrogen-bond donors (Lipinski definition) is 2. The lowest BCUT2D eigenvalue weighted by molar-refractivity contribution is -0.139. The van der Waals surface area contributed by atoms with Gasteiger partial charge in [-0.1, -0.05) is 0 Å². The quantitative estimate of drug-likeness (QED) is 0.649. The molecule has 0 radical (unpaired) electrons. The molecule has 0 bridgehead atoms. The van der Waals surface area contributed by atoms with Crippen molar-refractivity contribution in [1.82, 2.24) is 0 Å². The molecule has 1 fully saturated rings. The maximum atomic E-state index is 13.0. The maximum Gasteiger partial charge on any atom is 0.419 e. The molecule has 0 saturated carbocycles. The first-order valence-corrected chi connectivity index (χ1v) is 6.68. The SMILES string of the molecule is N=C(N)c1ccc(OCCC2CCCO2)c(C(F)(F)F)c1. The van der Waals surface area contributed by atoms with E-state index in [1.807, 2.05) is 0 Å². The molecule has 1 atom stereocenters. The van der Waals surface area contributed by atoms with E-state index in [9.17, 15) is 13.2 Å². The predicted octanol–water partition coefficient (Wildman–Crippen LogP) is 2.94. The van der Waals surface area contributed by atoms with Crippen LogP contribution in [0.25, 0.3) is 0 Å². The third-order valence-corrected chi connectivity index (χ3v) is 3.32. The summed E-state index contributed by atoms with van der Waals surface area (Å²) in [6.07, 6.45) is -2.03. The van der Waals surface area contributed by atoms with Gasteiger partial charge in [0, 0.05) is 18.6 Å². The number of ether oxygens (including phenoxy) is 2. The number of amidine groups is 1. The van der Waals surface area contributed by atoms with Crippen molar-refractivity contribution >= 4 is 5.84 Å². The van der Waals surface area contributed by atoms with Crippen molar-refractivity contribution in [3.8, 4) is 5.75 Å². The van der Waals surface area contributed by atoms with Crippen molar-refractivity contribution in [3.05, 3.63) is 29.3 Å². The molecule has 0 aliphatic carbocycles. The fourth-order valence-electron chi connectivity index (χ4n) is 2.22. The Morgan fingerprint density at radius 2 is 2.19 bits per heavy atom. The first kappa shape index (κ1) is 15.6. The second kappa shape index (κ2) is 6.34. The number of nitrogens with two attached hydrogens (primary N) is 1. The molecular formula is C14H17F3N2O2. The molecule has 116 valence electrons. The minimum atomic E-state index is -4.55. The third kappa shape index (κ3) is 4.10. The van der Waals surface area contributed by atoms with E-state index in [1.54, 1.807) is 0 Å². The van der Waals surface area contributed by atoms with E-state index in [-0.39, 0.29) is 24.0 Å². The Kier molecular flexibility index (Phi) is 4.72. The van der Waals surface area contributed by atoms with Gasteiger partial charge >= 0.3 is 6.18 Å². The topological polar surface area (TPSA) is 68.3 Å². The predicted molar refractivity (Wildman–Crippen MR) is 71.5 cm³/mol. The second-order valence-corrected chi connectivity index (χ2v) is 4.89. The third-order valence-electron chi connectivity index (χ3n) is 3.32. The highest BCUT2D eigenvalue weighted by Crippen LogP contribution is 2.37. The smallest absolute Gasteiger partial charge is 0.419 e. The zero-order valence-corrected chi connectivity index (χ0v) is 11.4. The van der Waals surface area contributed by atoms with E-state index in [0.29, 0.717) is 13.0 Å². The van der Waals surface area contributed by atoms with Gasteiger partial charge in [0.2, 0.25) is 0 Å². The number of halogens is 3. The van der Waals surface area contributed by atoms with Crippen molar-refractivity contribution in [2.75, 3.05) is 13.2 Å². The monoisotopic (exact) mass is 302 g/mol. The highest BCUT2D eigenvalue weighted by Gasteiger charge is 2.35. The fourth-order valence-corrected chi connectivity index (χ4v) is 2.22. The molecule has 3 N–H and O–H groups in total. The molecule has 1 aliphatic heterocycles. The first-order chi connectivity index (χ1) is 9.88. The minimum absolute atomic E-state index is 0.0220. The van der Waals surface area contributed by atoms with Gasteiger partial charge in [-0.15, -0.1) is 0 Å². The summed E-state index contributed by atoms with van der Waals surface area (Å²) >= 11 is 0. The van der Waals surface area contributed by atoms with Crippen LogP contribution >= 0.6 is 0 Å². The highest BCUT2D eigenvalue weighted by molar-refractivity contribution is 5.95. The highest BCUT2D eigenvalue weighted by atomic mass is 19.4. The average Bonchev–Trinajstić information content (AvgIpc) is 2.90. The summed E-state index contributed by atoms with van der Waals surface area (Å²) < 4.78 is 49.7. The number of rotatable bonds is 5. The summed E-state index contributed by atoms with van der Waals surface area (Å²) in [6.45, 7) is 0.860. The van der Waals surface area contributed by atoms with E-state index in [2.05, 4.69) is 0 Å². The van der Waals surface area contributed by atoms with Crippen LogP contribution in [0.1, 0.15) is 30.4 Å². The van der Waals surface area contributed by atoms with Crippen molar-refractivity contribution < 1.29 is 22.6 Å². The molecule has 0 amide bonds. The van der Waals surface area contributed by atoms with Crippen LogP contribution in [0.15, 0.2) is 18.2 Å². The van der Waals surface area contributed by atoms with Crippen LogP contribution in [-0.2, 0) is 10.9 Å². The minimum Gasteiger partial charge on any atom is -0.493 e. The van der Waals surface area contributed by atoms with Crippen LogP contribution in [-0.4, -0.2) is 25.2 Å². The normalized spacial score (nSPS) is 18.7. The second-order valence-electron chi connectivity index (χ2n) is 4.89. The lowest BCUT2D eigenvalue weighted by atomic mass is 10.1. The number of alkyl halides is 3. The Bertz CT molecular complexity index is 511. The zero-order valence-electron chi connectivity index (χ0n) is 11.4. The van der Waals surface area contributed by atoms with E-state index >= 15 is 0 Å². The molecule has 7 heteroatoms. The molecule has 0 aromatic heterocycles. The van der Waals surface area contributed by atoms with Gasteiger partial charge in [0.1, 0.15) is 11.6 Å². The van der Waals surface area contributed by atoms with Gasteiger partial charge in [0.25, 0.3) is 0 Å². The molecule has 1 heterocycles. The van der Waals surface area contributed by atoms with Crippen molar-refractivity contribution in [2.45, 2.75) is 31.5 Å². The van der Waals surface area contributed by atoms with E-state index in [0.717, 1.165) is 18.9 Å². The average molecular weight is 302 g/mol. The lowest BCUT2D eigenvalue weighted by Gasteiger charge is -2.16. The molecule has 1 saturated heterocycles. The van der Waals surface area contributed by atoms with Crippen LogP contribution in [0, 0.1) is 5.41 Å². The van der Waals surface area contributed by atoms with Crippen LogP contribution < -0.4 is 10.5 Å². The van der Waals surface area contributed by atoms with Gasteiger partial charge in [0.15, 0.2) is 0 Å². The van der Waals surface area contributed by atoms with Crippen LogP contribution in [0.3, 0.4) is 0 Å². The maximum absolute atomic E-state index is 13.0. The first-order valence-electron chi connectivity index (χ1n) is 6.68.